The van der Waals surface area contributed by atoms with Crippen molar-refractivity contribution in [2.75, 3.05) is 12.8 Å². The van der Waals surface area contributed by atoms with Crippen molar-refractivity contribution in [1.82, 2.24) is 14.3 Å². The fraction of sp³-hybridized carbons (Fsp3) is 0.286. The van der Waals surface area contributed by atoms with Crippen LogP contribution in [0, 0.1) is 6.92 Å². The summed E-state index contributed by atoms with van der Waals surface area (Å²) in [6.07, 6.45) is -5.83. The standard InChI is InChI=1S/C19H20F2N4O3S2.C2HF3O2/c1-12-23-25(10-14(9-22)18(20)21)19(26)24(12)11-15-5-8-17(29-15)13-3-6-16(7-4-13)30(2,27)28;3-2(4,5)1(6)7/h3-8H,9-11,22H2,1-2H3;(H,6,7). The molecule has 0 radical (unpaired) electrons. The van der Waals surface area contributed by atoms with Crippen molar-refractivity contribution in [3.8, 4) is 10.4 Å². The first-order chi connectivity index (χ1) is 17.0. The van der Waals surface area contributed by atoms with Gasteiger partial charge in [-0.05, 0) is 36.8 Å². The summed E-state index contributed by atoms with van der Waals surface area (Å²) in [5, 5.41) is 11.2. The van der Waals surface area contributed by atoms with Gasteiger partial charge in [0.1, 0.15) is 5.82 Å². The lowest BCUT2D eigenvalue weighted by molar-refractivity contribution is -0.192. The highest BCUT2D eigenvalue weighted by atomic mass is 32.2. The molecule has 16 heteroatoms. The van der Waals surface area contributed by atoms with Crippen LogP contribution in [-0.2, 0) is 27.7 Å². The summed E-state index contributed by atoms with van der Waals surface area (Å²) in [7, 11) is -3.26. The number of nitrogens with zero attached hydrogens (tertiary/aromatic N) is 3. The second kappa shape index (κ2) is 11.8. The van der Waals surface area contributed by atoms with Crippen LogP contribution in [0.4, 0.5) is 22.0 Å². The van der Waals surface area contributed by atoms with Gasteiger partial charge in [0.2, 0.25) is 0 Å². The quantitative estimate of drug-likeness (QED) is 0.418. The lowest BCUT2D eigenvalue weighted by atomic mass is 10.2. The third-order valence-electron chi connectivity index (χ3n) is 4.75. The van der Waals surface area contributed by atoms with Gasteiger partial charge in [-0.15, -0.1) is 11.3 Å². The van der Waals surface area contributed by atoms with E-state index >= 15 is 0 Å². The molecule has 0 fully saturated rings. The first kappa shape index (κ1) is 29.9. The summed E-state index contributed by atoms with van der Waals surface area (Å²) < 4.78 is 83.0. The van der Waals surface area contributed by atoms with Gasteiger partial charge in [-0.2, -0.15) is 27.1 Å². The largest absolute Gasteiger partial charge is 0.490 e. The Kier molecular flexibility index (Phi) is 9.51. The van der Waals surface area contributed by atoms with Gasteiger partial charge in [0.15, 0.2) is 9.84 Å². The van der Waals surface area contributed by atoms with E-state index < -0.39 is 33.8 Å². The summed E-state index contributed by atoms with van der Waals surface area (Å²) in [6, 6.07) is 10.3. The molecular formula is C21H21F5N4O5S2. The van der Waals surface area contributed by atoms with Crippen molar-refractivity contribution in [3.63, 3.8) is 0 Å². The van der Waals surface area contributed by atoms with Crippen molar-refractivity contribution in [3.05, 3.63) is 69.2 Å². The van der Waals surface area contributed by atoms with Gasteiger partial charge in [-0.1, -0.05) is 12.1 Å². The van der Waals surface area contributed by atoms with Gasteiger partial charge >= 0.3 is 17.8 Å². The maximum atomic E-state index is 12.8. The molecule has 0 saturated carbocycles. The molecule has 0 atom stereocenters. The molecule has 0 unspecified atom stereocenters. The Labute approximate surface area is 211 Å². The molecule has 3 N–H and O–H groups in total. The molecule has 3 rings (SSSR count). The van der Waals surface area contributed by atoms with E-state index in [1.54, 1.807) is 31.2 Å². The van der Waals surface area contributed by atoms with Crippen LogP contribution in [0.25, 0.3) is 10.4 Å². The number of thiophene rings is 1. The molecule has 0 saturated heterocycles. The molecular weight excluding hydrogens is 547 g/mol. The number of hydrogen-bond donors (Lipinski definition) is 2. The Morgan fingerprint density at radius 3 is 2.16 bits per heavy atom. The van der Waals surface area contributed by atoms with E-state index in [1.165, 1.54) is 15.9 Å². The van der Waals surface area contributed by atoms with Crippen LogP contribution in [0.2, 0.25) is 0 Å². The number of hydrogen-bond acceptors (Lipinski definition) is 7. The highest BCUT2D eigenvalue weighted by Gasteiger charge is 2.38. The Morgan fingerprint density at radius 2 is 1.70 bits per heavy atom. The van der Waals surface area contributed by atoms with E-state index in [2.05, 4.69) is 5.10 Å². The predicted octanol–water partition coefficient (Wildman–Crippen LogP) is 3.28. The minimum Gasteiger partial charge on any atom is -0.475 e. The van der Waals surface area contributed by atoms with Crippen LogP contribution in [0.15, 0.2) is 57.7 Å². The Morgan fingerprint density at radius 1 is 1.14 bits per heavy atom. The normalized spacial score (nSPS) is 11.6. The molecule has 0 bridgehead atoms. The number of carbonyl (C=O) groups is 1. The van der Waals surface area contributed by atoms with E-state index in [1.807, 2.05) is 12.1 Å². The third kappa shape index (κ3) is 8.06. The SMILES string of the molecule is Cc1nn(CC(CN)=C(F)F)c(=O)n1Cc1ccc(-c2ccc(S(C)(=O)=O)cc2)s1.O=C(O)C(F)(F)F. The van der Waals surface area contributed by atoms with Crippen molar-refractivity contribution < 1.29 is 40.3 Å². The molecule has 0 spiro atoms. The van der Waals surface area contributed by atoms with Gasteiger partial charge in [0.05, 0.1) is 18.0 Å². The number of sulfone groups is 1. The summed E-state index contributed by atoms with van der Waals surface area (Å²) in [5.41, 5.74) is 5.34. The minimum absolute atomic E-state index is 0.244. The summed E-state index contributed by atoms with van der Waals surface area (Å²) in [5.74, 6) is -2.35. The van der Waals surface area contributed by atoms with Gasteiger partial charge in [-0.25, -0.2) is 22.7 Å². The van der Waals surface area contributed by atoms with Crippen LogP contribution in [-0.4, -0.2) is 52.8 Å². The zero-order valence-corrected chi connectivity index (χ0v) is 20.9. The van der Waals surface area contributed by atoms with E-state index in [4.69, 9.17) is 15.6 Å². The predicted molar refractivity (Wildman–Crippen MR) is 125 cm³/mol. The number of aliphatic carboxylic acids is 1. The van der Waals surface area contributed by atoms with E-state index in [0.717, 1.165) is 26.3 Å². The third-order valence-corrected chi connectivity index (χ3v) is 6.99. The molecule has 0 aliphatic rings. The maximum absolute atomic E-state index is 12.8. The molecule has 0 aliphatic carbocycles. The molecule has 3 aromatic rings. The molecule has 2 aromatic heterocycles. The number of halogens is 5. The summed E-state index contributed by atoms with van der Waals surface area (Å²) in [4.78, 5) is 23.5. The van der Waals surface area contributed by atoms with Gasteiger partial charge in [0.25, 0.3) is 6.08 Å². The smallest absolute Gasteiger partial charge is 0.475 e. The van der Waals surface area contributed by atoms with E-state index in [-0.39, 0.29) is 30.1 Å². The lowest BCUT2D eigenvalue weighted by Gasteiger charge is -2.02. The van der Waals surface area contributed by atoms with Crippen LogP contribution in [0.3, 0.4) is 0 Å². The number of carboxylic acid groups (broad SMARTS) is 1. The van der Waals surface area contributed by atoms with Crippen molar-refractivity contribution in [2.24, 2.45) is 5.73 Å². The van der Waals surface area contributed by atoms with Gasteiger partial charge in [-0.3, -0.25) is 4.57 Å². The number of nitrogens with two attached hydrogens (primary N) is 1. The number of benzene rings is 1. The van der Waals surface area contributed by atoms with Crippen molar-refractivity contribution in [1.29, 1.82) is 0 Å². The second-order valence-electron chi connectivity index (χ2n) is 7.51. The van der Waals surface area contributed by atoms with Crippen molar-refractivity contribution in [2.45, 2.75) is 31.1 Å². The molecule has 2 heterocycles. The van der Waals surface area contributed by atoms with Crippen LogP contribution >= 0.6 is 11.3 Å². The lowest BCUT2D eigenvalue weighted by Crippen LogP contribution is -2.27. The summed E-state index contributed by atoms with van der Waals surface area (Å²) >= 11 is 1.45. The topological polar surface area (TPSA) is 137 Å². The van der Waals surface area contributed by atoms with Crippen LogP contribution in [0.1, 0.15) is 10.7 Å². The fourth-order valence-electron chi connectivity index (χ4n) is 2.86. The summed E-state index contributed by atoms with van der Waals surface area (Å²) in [6.45, 7) is 1.17. The molecule has 0 amide bonds. The number of rotatable bonds is 7. The molecule has 202 valence electrons. The minimum atomic E-state index is -5.08. The zero-order chi connectivity index (χ0) is 28.1. The van der Waals surface area contributed by atoms with Gasteiger partial charge < -0.3 is 10.8 Å². The fourth-order valence-corrected chi connectivity index (χ4v) is 4.49. The second-order valence-corrected chi connectivity index (χ2v) is 10.7. The van der Waals surface area contributed by atoms with E-state index in [0.29, 0.717) is 5.82 Å². The first-order valence-corrected chi connectivity index (χ1v) is 12.8. The first-order valence-electron chi connectivity index (χ1n) is 10.1. The Hall–Kier alpha value is -3.37. The number of alkyl halides is 3. The molecule has 1 aromatic carbocycles. The van der Waals surface area contributed by atoms with Gasteiger partial charge in [0, 0.05) is 28.1 Å². The number of carboxylic acids is 1. The maximum Gasteiger partial charge on any atom is 0.490 e. The average molecular weight is 569 g/mol. The average Bonchev–Trinajstić information content (AvgIpc) is 3.37. The Balaban J connectivity index is 0.000000604. The van der Waals surface area contributed by atoms with E-state index in [9.17, 15) is 35.2 Å². The Bertz CT molecular complexity index is 1450. The molecule has 0 aliphatic heterocycles. The van der Waals surface area contributed by atoms with Crippen LogP contribution < -0.4 is 11.4 Å². The highest BCUT2D eigenvalue weighted by Crippen LogP contribution is 2.29. The highest BCUT2D eigenvalue weighted by molar-refractivity contribution is 7.90. The monoisotopic (exact) mass is 568 g/mol. The molecule has 37 heavy (non-hydrogen) atoms. The molecule has 9 nitrogen and oxygen atoms in total. The zero-order valence-electron chi connectivity index (χ0n) is 19.3. The number of aryl methyl sites for hydroxylation is 1. The number of aromatic nitrogens is 3. The van der Waals surface area contributed by atoms with Crippen LogP contribution in [0.5, 0.6) is 0 Å². The van der Waals surface area contributed by atoms with Crippen molar-refractivity contribution >= 4 is 27.1 Å².